The van der Waals surface area contributed by atoms with Crippen LogP contribution in [0.5, 0.6) is 0 Å². The van der Waals surface area contributed by atoms with E-state index in [1.54, 1.807) is 14.2 Å². The molecular formula is C18H36N4O2. The predicted octanol–water partition coefficient (Wildman–Crippen LogP) is 1.86. The Hall–Kier alpha value is -1.30. The summed E-state index contributed by atoms with van der Waals surface area (Å²) in [6, 6.07) is 0.350. The number of guanidine groups is 1. The Morgan fingerprint density at radius 2 is 1.88 bits per heavy atom. The predicted molar refractivity (Wildman–Crippen MR) is 99.2 cm³/mol. The normalized spacial score (nSPS) is 18.7. The Kier molecular flexibility index (Phi) is 8.00. The summed E-state index contributed by atoms with van der Waals surface area (Å²) < 4.78 is 5.57. The number of hydrogen-bond acceptors (Lipinski definition) is 3. The first kappa shape index (κ1) is 20.7. The fourth-order valence-electron chi connectivity index (χ4n) is 2.93. The second kappa shape index (κ2) is 9.25. The summed E-state index contributed by atoms with van der Waals surface area (Å²) in [7, 11) is 3.53. The average Bonchev–Trinajstić information content (AvgIpc) is 2.52. The number of ether oxygens (including phenoxy) is 1. The fourth-order valence-corrected chi connectivity index (χ4v) is 2.93. The molecule has 6 heteroatoms. The molecule has 24 heavy (non-hydrogen) atoms. The zero-order valence-corrected chi connectivity index (χ0v) is 16.5. The lowest BCUT2D eigenvalue weighted by atomic mass is 9.89. The Morgan fingerprint density at radius 1 is 1.29 bits per heavy atom. The van der Waals surface area contributed by atoms with Crippen LogP contribution in [0, 0.1) is 11.3 Å². The molecule has 0 saturated carbocycles. The molecule has 0 aromatic rings. The van der Waals surface area contributed by atoms with E-state index in [-0.39, 0.29) is 23.3 Å². The quantitative estimate of drug-likeness (QED) is 0.592. The van der Waals surface area contributed by atoms with Crippen molar-refractivity contribution in [1.29, 1.82) is 0 Å². The largest absolute Gasteiger partial charge is 0.379 e. The molecule has 1 rings (SSSR count). The van der Waals surface area contributed by atoms with E-state index >= 15 is 0 Å². The van der Waals surface area contributed by atoms with Crippen LogP contribution >= 0.6 is 0 Å². The van der Waals surface area contributed by atoms with Gasteiger partial charge in [-0.25, -0.2) is 0 Å². The first-order chi connectivity index (χ1) is 11.2. The van der Waals surface area contributed by atoms with Gasteiger partial charge in [-0.1, -0.05) is 34.6 Å². The van der Waals surface area contributed by atoms with Crippen molar-refractivity contribution in [3.8, 4) is 0 Å². The second-order valence-electron chi connectivity index (χ2n) is 7.94. The van der Waals surface area contributed by atoms with Gasteiger partial charge in [-0.2, -0.15) is 0 Å². The summed E-state index contributed by atoms with van der Waals surface area (Å²) in [4.78, 5) is 18.3. The Labute approximate surface area is 147 Å². The van der Waals surface area contributed by atoms with Gasteiger partial charge in [-0.15, -0.1) is 0 Å². The minimum Gasteiger partial charge on any atom is -0.379 e. The monoisotopic (exact) mass is 340 g/mol. The number of hydrogen-bond donors (Lipinski definition) is 2. The Bertz CT molecular complexity index is 421. The molecule has 0 bridgehead atoms. The number of carbonyl (C=O) groups is 1. The van der Waals surface area contributed by atoms with Crippen molar-refractivity contribution in [3.05, 3.63) is 0 Å². The van der Waals surface area contributed by atoms with Gasteiger partial charge in [0.25, 0.3) is 0 Å². The van der Waals surface area contributed by atoms with Crippen molar-refractivity contribution in [1.82, 2.24) is 15.5 Å². The van der Waals surface area contributed by atoms with Gasteiger partial charge in [0.1, 0.15) is 0 Å². The number of amides is 1. The smallest absolute Gasteiger partial charge is 0.225 e. The van der Waals surface area contributed by atoms with Crippen LogP contribution in [0.2, 0.25) is 0 Å². The lowest BCUT2D eigenvalue weighted by Gasteiger charge is -2.34. The van der Waals surface area contributed by atoms with E-state index in [1.165, 1.54) is 0 Å². The molecular weight excluding hydrogens is 304 g/mol. The second-order valence-corrected chi connectivity index (χ2v) is 7.94. The molecule has 1 saturated heterocycles. The van der Waals surface area contributed by atoms with Crippen LogP contribution in [0.1, 0.15) is 47.5 Å². The Morgan fingerprint density at radius 3 is 2.29 bits per heavy atom. The standard InChI is InChI=1S/C18H36N4O2/c1-13(2)16(23)22-10-8-14(9-11-22)21-17(19-6)20-12-15(24-7)18(3,4)5/h13-15H,8-12H2,1-7H3,(H2,19,20,21). The van der Waals surface area contributed by atoms with Gasteiger partial charge in [0.2, 0.25) is 5.91 Å². The molecule has 0 radical (unpaired) electrons. The molecule has 6 nitrogen and oxygen atoms in total. The molecule has 1 fully saturated rings. The van der Waals surface area contributed by atoms with Gasteiger partial charge in [-0.3, -0.25) is 9.79 Å². The molecule has 1 heterocycles. The number of aliphatic imine (C=N–C) groups is 1. The molecule has 140 valence electrons. The molecule has 0 aromatic carbocycles. The first-order valence-corrected chi connectivity index (χ1v) is 8.97. The zero-order valence-electron chi connectivity index (χ0n) is 16.5. The molecule has 1 aliphatic rings. The number of likely N-dealkylation sites (tertiary alicyclic amines) is 1. The number of piperidine rings is 1. The van der Waals surface area contributed by atoms with E-state index in [1.807, 2.05) is 18.7 Å². The van der Waals surface area contributed by atoms with Crippen LogP contribution in [-0.2, 0) is 9.53 Å². The van der Waals surface area contributed by atoms with Gasteiger partial charge < -0.3 is 20.3 Å². The highest BCUT2D eigenvalue weighted by Gasteiger charge is 2.26. The summed E-state index contributed by atoms with van der Waals surface area (Å²) >= 11 is 0. The van der Waals surface area contributed by atoms with Crippen LogP contribution < -0.4 is 10.6 Å². The van der Waals surface area contributed by atoms with Crippen molar-refractivity contribution in [2.24, 2.45) is 16.3 Å². The number of methoxy groups -OCH3 is 1. The third-order valence-corrected chi connectivity index (χ3v) is 4.57. The summed E-state index contributed by atoms with van der Waals surface area (Å²) in [6.07, 6.45) is 2.01. The maximum absolute atomic E-state index is 12.0. The van der Waals surface area contributed by atoms with Crippen molar-refractivity contribution in [3.63, 3.8) is 0 Å². The molecule has 0 aromatic heterocycles. The lowest BCUT2D eigenvalue weighted by Crippen LogP contribution is -2.52. The van der Waals surface area contributed by atoms with Crippen molar-refractivity contribution in [2.45, 2.75) is 59.6 Å². The summed E-state index contributed by atoms with van der Waals surface area (Å²) in [5, 5.41) is 6.83. The summed E-state index contributed by atoms with van der Waals surface area (Å²) in [5.74, 6) is 1.13. The zero-order chi connectivity index (χ0) is 18.3. The minimum atomic E-state index is 0.0726. The van der Waals surface area contributed by atoms with E-state index in [2.05, 4.69) is 36.4 Å². The number of nitrogens with one attached hydrogen (secondary N) is 2. The van der Waals surface area contributed by atoms with Crippen LogP contribution in [0.3, 0.4) is 0 Å². The van der Waals surface area contributed by atoms with Gasteiger partial charge in [0, 0.05) is 45.8 Å². The van der Waals surface area contributed by atoms with Gasteiger partial charge in [0.15, 0.2) is 5.96 Å². The fraction of sp³-hybridized carbons (Fsp3) is 0.889. The molecule has 1 atom stereocenters. The van der Waals surface area contributed by atoms with Gasteiger partial charge >= 0.3 is 0 Å². The molecule has 1 aliphatic heterocycles. The molecule has 1 unspecified atom stereocenters. The van der Waals surface area contributed by atoms with E-state index in [4.69, 9.17) is 4.74 Å². The average molecular weight is 341 g/mol. The van der Waals surface area contributed by atoms with Crippen LogP contribution in [0.15, 0.2) is 4.99 Å². The lowest BCUT2D eigenvalue weighted by molar-refractivity contribution is -0.135. The molecule has 0 spiro atoms. The third kappa shape index (κ3) is 6.30. The van der Waals surface area contributed by atoms with Crippen molar-refractivity contribution in [2.75, 3.05) is 33.8 Å². The highest BCUT2D eigenvalue weighted by atomic mass is 16.5. The number of carbonyl (C=O) groups excluding carboxylic acids is 1. The van der Waals surface area contributed by atoms with E-state index in [0.717, 1.165) is 31.9 Å². The molecule has 1 amide bonds. The maximum Gasteiger partial charge on any atom is 0.225 e. The highest BCUT2D eigenvalue weighted by molar-refractivity contribution is 5.80. The van der Waals surface area contributed by atoms with Gasteiger partial charge in [-0.05, 0) is 18.3 Å². The number of nitrogens with zero attached hydrogens (tertiary/aromatic N) is 2. The van der Waals surface area contributed by atoms with Crippen LogP contribution in [0.4, 0.5) is 0 Å². The van der Waals surface area contributed by atoms with Gasteiger partial charge in [0.05, 0.1) is 6.10 Å². The first-order valence-electron chi connectivity index (χ1n) is 8.97. The third-order valence-electron chi connectivity index (χ3n) is 4.57. The SMILES string of the molecule is CN=C(NCC(OC)C(C)(C)C)NC1CCN(C(=O)C(C)C)CC1. The van der Waals surface area contributed by atoms with E-state index in [9.17, 15) is 4.79 Å². The number of rotatable bonds is 5. The van der Waals surface area contributed by atoms with E-state index < -0.39 is 0 Å². The van der Waals surface area contributed by atoms with Crippen molar-refractivity contribution >= 4 is 11.9 Å². The van der Waals surface area contributed by atoms with Crippen LogP contribution in [0.25, 0.3) is 0 Å². The molecule has 2 N–H and O–H groups in total. The highest BCUT2D eigenvalue weighted by Crippen LogP contribution is 2.21. The van der Waals surface area contributed by atoms with E-state index in [0.29, 0.717) is 12.6 Å². The minimum absolute atomic E-state index is 0.0726. The topological polar surface area (TPSA) is 66.0 Å². The summed E-state index contributed by atoms with van der Waals surface area (Å²) in [6.45, 7) is 12.8. The van der Waals surface area contributed by atoms with Crippen LogP contribution in [-0.4, -0.2) is 62.7 Å². The van der Waals surface area contributed by atoms with Crippen molar-refractivity contribution < 1.29 is 9.53 Å². The molecule has 0 aliphatic carbocycles. The summed E-state index contributed by atoms with van der Waals surface area (Å²) in [5.41, 5.74) is 0.0726. The maximum atomic E-state index is 12.0. The Balaban J connectivity index is 2.44.